The van der Waals surface area contributed by atoms with Gasteiger partial charge in [-0.3, -0.25) is 9.59 Å². The summed E-state index contributed by atoms with van der Waals surface area (Å²) in [6.45, 7) is 3.96. The molecule has 10 heteroatoms. The number of hydrogen-bond acceptors (Lipinski definition) is 8. The first-order chi connectivity index (χ1) is 16.0. The highest BCUT2D eigenvalue weighted by molar-refractivity contribution is 6.00. The molecule has 4 rings (SSSR count). The average molecular weight is 452 g/mol. The molecule has 2 aromatic rings. The first-order valence-electron chi connectivity index (χ1n) is 10.5. The van der Waals surface area contributed by atoms with E-state index in [9.17, 15) is 9.59 Å². The SMILES string of the molecule is C/C(=N\NC(=O)CCCC(=O)N/N=C(\C)c1ccc2c(c1)OCO2)c1ccc2c(c1)OCO2. The van der Waals surface area contributed by atoms with E-state index in [1.807, 2.05) is 24.3 Å². The summed E-state index contributed by atoms with van der Waals surface area (Å²) >= 11 is 0. The van der Waals surface area contributed by atoms with Crippen LogP contribution in [0.15, 0.2) is 46.6 Å². The summed E-state index contributed by atoms with van der Waals surface area (Å²) in [5.41, 5.74) is 7.91. The summed E-state index contributed by atoms with van der Waals surface area (Å²) in [5.74, 6) is 2.12. The number of carbonyl (C=O) groups excluding carboxylic acids is 2. The number of carbonyl (C=O) groups is 2. The van der Waals surface area contributed by atoms with Gasteiger partial charge in [0, 0.05) is 24.0 Å². The van der Waals surface area contributed by atoms with Crippen molar-refractivity contribution >= 4 is 23.2 Å². The summed E-state index contributed by atoms with van der Waals surface area (Å²) in [6, 6.07) is 10.9. The van der Waals surface area contributed by atoms with Gasteiger partial charge < -0.3 is 18.9 Å². The zero-order valence-corrected chi connectivity index (χ0v) is 18.3. The van der Waals surface area contributed by atoms with E-state index in [4.69, 9.17) is 18.9 Å². The maximum absolute atomic E-state index is 12.0. The van der Waals surface area contributed by atoms with E-state index in [0.29, 0.717) is 40.8 Å². The number of nitrogens with one attached hydrogen (secondary N) is 2. The topological polar surface area (TPSA) is 120 Å². The van der Waals surface area contributed by atoms with Crippen LogP contribution < -0.4 is 29.8 Å². The van der Waals surface area contributed by atoms with Gasteiger partial charge in [-0.1, -0.05) is 0 Å². The van der Waals surface area contributed by atoms with Crippen LogP contribution in [0.25, 0.3) is 0 Å². The molecule has 33 heavy (non-hydrogen) atoms. The molecule has 2 N–H and O–H groups in total. The summed E-state index contributed by atoms with van der Waals surface area (Å²) in [6.07, 6.45) is 0.696. The van der Waals surface area contributed by atoms with Gasteiger partial charge in [-0.25, -0.2) is 10.9 Å². The average Bonchev–Trinajstić information content (AvgIpc) is 3.49. The van der Waals surface area contributed by atoms with E-state index in [-0.39, 0.29) is 38.2 Å². The Kier molecular flexibility index (Phi) is 6.72. The number of hydrogen-bond donors (Lipinski definition) is 2. The summed E-state index contributed by atoms with van der Waals surface area (Å²) in [5, 5.41) is 8.23. The Morgan fingerprint density at radius 3 is 1.61 bits per heavy atom. The zero-order chi connectivity index (χ0) is 23.2. The van der Waals surface area contributed by atoms with Crippen molar-refractivity contribution in [1.82, 2.24) is 10.9 Å². The van der Waals surface area contributed by atoms with E-state index >= 15 is 0 Å². The van der Waals surface area contributed by atoms with Gasteiger partial charge in [0.05, 0.1) is 11.4 Å². The third kappa shape index (κ3) is 5.59. The smallest absolute Gasteiger partial charge is 0.240 e. The summed E-state index contributed by atoms with van der Waals surface area (Å²) in [7, 11) is 0. The number of ether oxygens (including phenoxy) is 4. The Balaban J connectivity index is 1.19. The highest BCUT2D eigenvalue weighted by Crippen LogP contribution is 2.33. The van der Waals surface area contributed by atoms with Crippen molar-refractivity contribution in [2.24, 2.45) is 10.2 Å². The Morgan fingerprint density at radius 1 is 0.727 bits per heavy atom. The molecule has 0 aromatic heterocycles. The lowest BCUT2D eigenvalue weighted by Crippen LogP contribution is -2.21. The predicted octanol–water partition coefficient (Wildman–Crippen LogP) is 2.69. The summed E-state index contributed by atoms with van der Waals surface area (Å²) in [4.78, 5) is 24.1. The molecule has 0 saturated carbocycles. The second kappa shape index (κ2) is 10.0. The van der Waals surface area contributed by atoms with Crippen LogP contribution in [0.5, 0.6) is 23.0 Å². The van der Waals surface area contributed by atoms with Crippen molar-refractivity contribution in [3.63, 3.8) is 0 Å². The molecule has 0 bridgehead atoms. The molecule has 2 aliphatic rings. The summed E-state index contributed by atoms with van der Waals surface area (Å²) < 4.78 is 21.3. The molecule has 0 unspecified atom stereocenters. The van der Waals surface area contributed by atoms with Crippen molar-refractivity contribution < 1.29 is 28.5 Å². The van der Waals surface area contributed by atoms with Gasteiger partial charge in [0.2, 0.25) is 25.4 Å². The molecule has 0 radical (unpaired) electrons. The molecular weight excluding hydrogens is 428 g/mol. The van der Waals surface area contributed by atoms with E-state index in [1.54, 1.807) is 26.0 Å². The normalized spacial score (nSPS) is 14.2. The molecule has 2 heterocycles. The third-order valence-corrected chi connectivity index (χ3v) is 5.08. The molecule has 172 valence electrons. The number of benzene rings is 2. The van der Waals surface area contributed by atoms with E-state index in [2.05, 4.69) is 21.1 Å². The van der Waals surface area contributed by atoms with Gasteiger partial charge in [-0.15, -0.1) is 0 Å². The molecular formula is C23H24N4O6. The van der Waals surface area contributed by atoms with Crippen molar-refractivity contribution in [1.29, 1.82) is 0 Å². The van der Waals surface area contributed by atoms with Gasteiger partial charge in [0.25, 0.3) is 0 Å². The van der Waals surface area contributed by atoms with Gasteiger partial charge >= 0.3 is 0 Å². The molecule has 0 atom stereocenters. The second-order valence-electron chi connectivity index (χ2n) is 7.45. The molecule has 0 aliphatic carbocycles. The third-order valence-electron chi connectivity index (χ3n) is 5.08. The molecule has 0 fully saturated rings. The van der Waals surface area contributed by atoms with Crippen molar-refractivity contribution in [3.05, 3.63) is 47.5 Å². The quantitative estimate of drug-likeness (QED) is 0.469. The van der Waals surface area contributed by atoms with Gasteiger partial charge in [0.1, 0.15) is 0 Å². The zero-order valence-electron chi connectivity index (χ0n) is 18.3. The minimum Gasteiger partial charge on any atom is -0.454 e. The molecule has 10 nitrogen and oxygen atoms in total. The lowest BCUT2D eigenvalue weighted by Gasteiger charge is -2.05. The maximum Gasteiger partial charge on any atom is 0.240 e. The lowest BCUT2D eigenvalue weighted by atomic mass is 10.1. The monoisotopic (exact) mass is 452 g/mol. The Bertz CT molecular complexity index is 1040. The number of hydrazone groups is 2. The van der Waals surface area contributed by atoms with Gasteiger partial charge in [0.15, 0.2) is 23.0 Å². The predicted molar refractivity (Wildman–Crippen MR) is 120 cm³/mol. The Hall–Kier alpha value is -4.08. The minimum atomic E-state index is -0.275. The van der Waals surface area contributed by atoms with Crippen LogP contribution >= 0.6 is 0 Å². The maximum atomic E-state index is 12.0. The van der Waals surface area contributed by atoms with Crippen LogP contribution in [0, 0.1) is 0 Å². The molecule has 2 aromatic carbocycles. The van der Waals surface area contributed by atoms with Crippen LogP contribution in [-0.2, 0) is 9.59 Å². The fraction of sp³-hybridized carbons (Fsp3) is 0.304. The van der Waals surface area contributed by atoms with Gasteiger partial charge in [-0.05, 0) is 56.7 Å². The molecule has 2 aliphatic heterocycles. The van der Waals surface area contributed by atoms with E-state index in [0.717, 1.165) is 11.1 Å². The van der Waals surface area contributed by atoms with Crippen LogP contribution in [0.4, 0.5) is 0 Å². The highest BCUT2D eigenvalue weighted by Gasteiger charge is 2.15. The highest BCUT2D eigenvalue weighted by atomic mass is 16.7. The largest absolute Gasteiger partial charge is 0.454 e. The first kappa shape index (κ1) is 22.1. The minimum absolute atomic E-state index is 0.163. The fourth-order valence-electron chi connectivity index (χ4n) is 3.19. The second-order valence-corrected chi connectivity index (χ2v) is 7.45. The number of rotatable bonds is 8. The number of fused-ring (bicyclic) bond motifs is 2. The van der Waals surface area contributed by atoms with Gasteiger partial charge in [-0.2, -0.15) is 10.2 Å². The van der Waals surface area contributed by atoms with Crippen LogP contribution in [0.2, 0.25) is 0 Å². The van der Waals surface area contributed by atoms with E-state index in [1.165, 1.54) is 0 Å². The number of amides is 2. The lowest BCUT2D eigenvalue weighted by molar-refractivity contribution is -0.122. The Morgan fingerprint density at radius 2 is 1.15 bits per heavy atom. The van der Waals surface area contributed by atoms with Crippen molar-refractivity contribution in [2.75, 3.05) is 13.6 Å². The number of nitrogens with zero attached hydrogens (tertiary/aromatic N) is 2. The van der Waals surface area contributed by atoms with Crippen LogP contribution in [0.1, 0.15) is 44.2 Å². The standard InChI is InChI=1S/C23H24N4O6/c1-14(16-6-8-18-20(10-16)32-12-30-18)24-26-22(28)4-3-5-23(29)27-25-15(2)17-7-9-19-21(11-17)33-13-31-19/h6-11H,3-5,12-13H2,1-2H3,(H,26,28)(H,27,29)/b24-14+,25-15+. The molecule has 0 spiro atoms. The fourth-order valence-corrected chi connectivity index (χ4v) is 3.19. The first-order valence-corrected chi connectivity index (χ1v) is 10.5. The Labute approximate surface area is 190 Å². The molecule has 0 saturated heterocycles. The van der Waals surface area contributed by atoms with E-state index < -0.39 is 0 Å². The van der Waals surface area contributed by atoms with Crippen molar-refractivity contribution in [2.45, 2.75) is 33.1 Å². The molecule has 2 amide bonds. The van der Waals surface area contributed by atoms with Crippen molar-refractivity contribution in [3.8, 4) is 23.0 Å². The van der Waals surface area contributed by atoms with Crippen LogP contribution in [0.3, 0.4) is 0 Å². The van der Waals surface area contributed by atoms with Crippen LogP contribution in [-0.4, -0.2) is 36.8 Å².